The van der Waals surface area contributed by atoms with Crippen molar-refractivity contribution in [2.24, 2.45) is 5.10 Å². The number of aromatic nitrogens is 2. The molecule has 0 atom stereocenters. The van der Waals surface area contributed by atoms with Gasteiger partial charge in [-0.05, 0) is 24.3 Å². The van der Waals surface area contributed by atoms with Crippen molar-refractivity contribution in [3.05, 3.63) is 102 Å². The van der Waals surface area contributed by atoms with Crippen LogP contribution in [0.15, 0.2) is 96.2 Å². The van der Waals surface area contributed by atoms with Crippen LogP contribution in [0, 0.1) is 0 Å². The van der Waals surface area contributed by atoms with E-state index >= 15 is 0 Å². The Kier molecular flexibility index (Phi) is 7.84. The minimum absolute atomic E-state index is 0.239. The van der Waals surface area contributed by atoms with Gasteiger partial charge in [0.2, 0.25) is 0 Å². The third-order valence-corrected chi connectivity index (χ3v) is 6.09. The van der Waals surface area contributed by atoms with E-state index in [1.54, 1.807) is 40.0 Å². The van der Waals surface area contributed by atoms with Crippen molar-refractivity contribution in [2.75, 3.05) is 31.6 Å². The average molecular weight is 523 g/mol. The second kappa shape index (κ2) is 12.0. The number of amides is 3. The van der Waals surface area contributed by atoms with Crippen LogP contribution in [-0.2, 0) is 14.3 Å². The van der Waals surface area contributed by atoms with E-state index in [1.807, 2.05) is 60.7 Å². The lowest BCUT2D eigenvalue weighted by molar-refractivity contribution is -0.136. The van der Waals surface area contributed by atoms with E-state index in [0.29, 0.717) is 43.1 Å². The number of anilines is 1. The summed E-state index contributed by atoms with van der Waals surface area (Å²) in [5.41, 5.74) is 5.85. The topological polar surface area (TPSA) is 118 Å². The summed E-state index contributed by atoms with van der Waals surface area (Å²) in [7, 11) is 0. The van der Waals surface area contributed by atoms with Gasteiger partial charge < -0.3 is 15.0 Å². The lowest BCUT2D eigenvalue weighted by Gasteiger charge is -2.27. The van der Waals surface area contributed by atoms with Crippen molar-refractivity contribution < 1.29 is 19.1 Å². The summed E-state index contributed by atoms with van der Waals surface area (Å²) in [5, 5.41) is 11.2. The van der Waals surface area contributed by atoms with Gasteiger partial charge in [0.05, 0.1) is 36.4 Å². The Labute approximate surface area is 224 Å². The third kappa shape index (κ3) is 6.08. The Balaban J connectivity index is 1.29. The number of nitrogens with one attached hydrogen (secondary N) is 2. The molecule has 10 nitrogen and oxygen atoms in total. The molecule has 1 aliphatic heterocycles. The van der Waals surface area contributed by atoms with E-state index in [2.05, 4.69) is 15.8 Å². The molecule has 3 amide bonds. The number of para-hydroxylation sites is 2. The van der Waals surface area contributed by atoms with Gasteiger partial charge in [0.15, 0.2) is 0 Å². The predicted molar refractivity (Wildman–Crippen MR) is 147 cm³/mol. The molecule has 196 valence electrons. The molecule has 2 N–H and O–H groups in total. The fourth-order valence-electron chi connectivity index (χ4n) is 4.12. The molecule has 0 bridgehead atoms. The van der Waals surface area contributed by atoms with Crippen LogP contribution in [0.1, 0.15) is 15.9 Å². The van der Waals surface area contributed by atoms with Gasteiger partial charge in [-0.3, -0.25) is 14.4 Å². The summed E-state index contributed by atoms with van der Waals surface area (Å²) in [6, 6.07) is 25.8. The summed E-state index contributed by atoms with van der Waals surface area (Å²) in [6.45, 7) is 1.83. The zero-order valence-electron chi connectivity index (χ0n) is 21.0. The van der Waals surface area contributed by atoms with Crippen LogP contribution >= 0.6 is 0 Å². The molecular weight excluding hydrogens is 496 g/mol. The first-order valence-corrected chi connectivity index (χ1v) is 12.4. The Hall–Kier alpha value is -5.09. The lowest BCUT2D eigenvalue weighted by Crippen LogP contribution is -2.41. The molecule has 2 heterocycles. The second-order valence-electron chi connectivity index (χ2n) is 8.68. The highest BCUT2D eigenvalue weighted by Crippen LogP contribution is 2.22. The Bertz CT molecular complexity index is 1490. The summed E-state index contributed by atoms with van der Waals surface area (Å²) >= 11 is 0. The van der Waals surface area contributed by atoms with Crippen LogP contribution in [-0.4, -0.2) is 64.9 Å². The standard InChI is InChI=1S/C29H26N6O4/c36-27(31-25-14-8-7-13-24(25)29(38)34-15-17-39-18-16-34)28(37)32-30-19-22-20-35(23-11-5-2-6-12-23)33-26(22)21-9-3-1-4-10-21/h1-14,19-20H,15-18H2,(H,31,36)(H,32,37)/b30-19+. The van der Waals surface area contributed by atoms with E-state index in [4.69, 9.17) is 9.84 Å². The van der Waals surface area contributed by atoms with Crippen molar-refractivity contribution >= 4 is 29.6 Å². The Morgan fingerprint density at radius 3 is 2.26 bits per heavy atom. The summed E-state index contributed by atoms with van der Waals surface area (Å²) in [5.74, 6) is -2.16. The zero-order chi connectivity index (χ0) is 27.0. The number of benzene rings is 3. The van der Waals surface area contributed by atoms with Gasteiger partial charge in [-0.2, -0.15) is 10.2 Å². The molecule has 0 saturated carbocycles. The van der Waals surface area contributed by atoms with Gasteiger partial charge in [-0.1, -0.05) is 60.7 Å². The van der Waals surface area contributed by atoms with E-state index in [0.717, 1.165) is 11.3 Å². The van der Waals surface area contributed by atoms with Crippen molar-refractivity contribution in [3.63, 3.8) is 0 Å². The molecule has 1 aromatic heterocycles. The van der Waals surface area contributed by atoms with E-state index in [1.165, 1.54) is 6.21 Å². The number of rotatable bonds is 6. The Morgan fingerprint density at radius 2 is 1.51 bits per heavy atom. The molecule has 39 heavy (non-hydrogen) atoms. The van der Waals surface area contributed by atoms with Gasteiger partial charge in [-0.25, -0.2) is 10.1 Å². The molecule has 1 saturated heterocycles. The van der Waals surface area contributed by atoms with Crippen LogP contribution < -0.4 is 10.7 Å². The van der Waals surface area contributed by atoms with E-state index in [9.17, 15) is 14.4 Å². The first-order valence-electron chi connectivity index (χ1n) is 12.4. The normalized spacial score (nSPS) is 13.3. The maximum Gasteiger partial charge on any atom is 0.329 e. The van der Waals surface area contributed by atoms with E-state index in [-0.39, 0.29) is 11.6 Å². The average Bonchev–Trinajstić information content (AvgIpc) is 3.42. The number of nitrogens with zero attached hydrogens (tertiary/aromatic N) is 4. The largest absolute Gasteiger partial charge is 0.378 e. The molecular formula is C29H26N6O4. The minimum atomic E-state index is -0.975. The van der Waals surface area contributed by atoms with E-state index < -0.39 is 11.8 Å². The molecule has 0 aliphatic carbocycles. The second-order valence-corrected chi connectivity index (χ2v) is 8.68. The molecule has 5 rings (SSSR count). The number of hydrogen-bond donors (Lipinski definition) is 2. The van der Waals surface area contributed by atoms with Crippen LogP contribution in [0.4, 0.5) is 5.69 Å². The predicted octanol–water partition coefficient (Wildman–Crippen LogP) is 3.10. The number of hydrogen-bond acceptors (Lipinski definition) is 6. The van der Waals surface area contributed by atoms with Crippen molar-refractivity contribution in [1.82, 2.24) is 20.1 Å². The van der Waals surface area contributed by atoms with Crippen LogP contribution in [0.2, 0.25) is 0 Å². The highest BCUT2D eigenvalue weighted by molar-refractivity contribution is 6.40. The highest BCUT2D eigenvalue weighted by Gasteiger charge is 2.23. The SMILES string of the molecule is O=C(N/N=C/c1cn(-c2ccccc2)nc1-c1ccccc1)C(=O)Nc1ccccc1C(=O)N1CCOCC1. The van der Waals surface area contributed by atoms with Crippen molar-refractivity contribution in [2.45, 2.75) is 0 Å². The smallest absolute Gasteiger partial charge is 0.329 e. The van der Waals surface area contributed by atoms with Gasteiger partial charge in [0, 0.05) is 30.4 Å². The summed E-state index contributed by atoms with van der Waals surface area (Å²) in [6.07, 6.45) is 3.23. The van der Waals surface area contributed by atoms with Crippen molar-refractivity contribution in [1.29, 1.82) is 0 Å². The molecule has 1 aliphatic rings. The first-order chi connectivity index (χ1) is 19.1. The fourth-order valence-corrected chi connectivity index (χ4v) is 4.12. The molecule has 0 radical (unpaired) electrons. The molecule has 1 fully saturated rings. The lowest BCUT2D eigenvalue weighted by atomic mass is 10.1. The number of carbonyl (C=O) groups is 3. The van der Waals surface area contributed by atoms with Crippen molar-refractivity contribution in [3.8, 4) is 16.9 Å². The van der Waals surface area contributed by atoms with Gasteiger partial charge in [0.25, 0.3) is 5.91 Å². The van der Waals surface area contributed by atoms with Crippen LogP contribution in [0.25, 0.3) is 16.9 Å². The van der Waals surface area contributed by atoms with Gasteiger partial charge in [0.1, 0.15) is 5.69 Å². The summed E-state index contributed by atoms with van der Waals surface area (Å²) in [4.78, 5) is 39.8. The van der Waals surface area contributed by atoms with Crippen LogP contribution in [0.5, 0.6) is 0 Å². The molecule has 4 aromatic rings. The molecule has 0 spiro atoms. The first kappa shape index (κ1) is 25.6. The Morgan fingerprint density at radius 1 is 0.846 bits per heavy atom. The quantitative estimate of drug-likeness (QED) is 0.229. The fraction of sp³-hybridized carbons (Fsp3) is 0.138. The monoisotopic (exact) mass is 522 g/mol. The number of hydrazone groups is 1. The van der Waals surface area contributed by atoms with Crippen LogP contribution in [0.3, 0.4) is 0 Å². The molecule has 0 unspecified atom stereocenters. The molecule has 3 aromatic carbocycles. The number of carbonyl (C=O) groups excluding carboxylic acids is 3. The summed E-state index contributed by atoms with van der Waals surface area (Å²) < 4.78 is 7.03. The third-order valence-electron chi connectivity index (χ3n) is 6.09. The van der Waals surface area contributed by atoms with Gasteiger partial charge in [-0.15, -0.1) is 0 Å². The minimum Gasteiger partial charge on any atom is -0.378 e. The number of morpholine rings is 1. The van der Waals surface area contributed by atoms with Gasteiger partial charge >= 0.3 is 11.8 Å². The zero-order valence-corrected chi connectivity index (χ0v) is 21.0. The maximum atomic E-state index is 12.9. The maximum absolute atomic E-state index is 12.9. The highest BCUT2D eigenvalue weighted by atomic mass is 16.5. The number of ether oxygens (including phenoxy) is 1. The molecule has 10 heteroatoms.